The van der Waals surface area contributed by atoms with Crippen molar-refractivity contribution in [3.63, 3.8) is 0 Å². The van der Waals surface area contributed by atoms with Crippen LogP contribution < -0.4 is 19.7 Å². The number of hydrogen-bond acceptors (Lipinski definition) is 4. The number of nitrogens with one attached hydrogen (secondary N) is 1. The largest absolute Gasteiger partial charge is 0.490 e. The van der Waals surface area contributed by atoms with Crippen LogP contribution in [0.4, 0.5) is 11.4 Å². The smallest absolute Gasteiger partial charge is 0.236 e. The summed E-state index contributed by atoms with van der Waals surface area (Å²) in [6, 6.07) is 20.8. The number of rotatable bonds is 5. The molecule has 0 radical (unpaired) electrons. The molecule has 5 rings (SSSR count). The predicted octanol–water partition coefficient (Wildman–Crippen LogP) is 6.36. The highest BCUT2D eigenvalue weighted by molar-refractivity contribution is 6.02. The maximum absolute atomic E-state index is 13.7. The molecule has 0 saturated carbocycles. The standard InChI is InChI=1S/C30H32N2O4/c1-19(2)15-16-32-23-14-13-20(17-26(23)35-18-30(3,4)29(32)34)31-28(33)27-21-9-5-7-11-24(21)36-25-12-8-6-10-22(25)27/h5-14,17,19,27H,15-16,18H2,1-4H3,(H,31,33). The van der Waals surface area contributed by atoms with Gasteiger partial charge in [-0.05, 0) is 50.5 Å². The number of anilines is 2. The van der Waals surface area contributed by atoms with Gasteiger partial charge in [-0.15, -0.1) is 0 Å². The summed E-state index contributed by atoms with van der Waals surface area (Å²) in [6.07, 6.45) is 0.891. The zero-order valence-electron chi connectivity index (χ0n) is 21.2. The molecule has 36 heavy (non-hydrogen) atoms. The van der Waals surface area contributed by atoms with E-state index in [2.05, 4.69) is 19.2 Å². The van der Waals surface area contributed by atoms with Crippen molar-refractivity contribution in [1.29, 1.82) is 0 Å². The first-order chi connectivity index (χ1) is 17.2. The number of amides is 2. The summed E-state index contributed by atoms with van der Waals surface area (Å²) < 4.78 is 12.2. The number of nitrogens with zero attached hydrogens (tertiary/aromatic N) is 1. The Morgan fingerprint density at radius 3 is 2.28 bits per heavy atom. The van der Waals surface area contributed by atoms with Crippen LogP contribution in [-0.4, -0.2) is 25.0 Å². The maximum atomic E-state index is 13.7. The third-order valence-corrected chi connectivity index (χ3v) is 6.80. The lowest BCUT2D eigenvalue weighted by atomic mass is 9.87. The van der Waals surface area contributed by atoms with Crippen LogP contribution >= 0.6 is 0 Å². The minimum atomic E-state index is -0.644. The minimum Gasteiger partial charge on any atom is -0.490 e. The summed E-state index contributed by atoms with van der Waals surface area (Å²) in [5.74, 6) is 1.83. The van der Waals surface area contributed by atoms with Gasteiger partial charge in [0.2, 0.25) is 11.8 Å². The molecule has 2 heterocycles. The zero-order valence-corrected chi connectivity index (χ0v) is 21.2. The lowest BCUT2D eigenvalue weighted by Crippen LogP contribution is -2.42. The van der Waals surface area contributed by atoms with Gasteiger partial charge < -0.3 is 19.7 Å². The molecule has 2 aliphatic heterocycles. The van der Waals surface area contributed by atoms with Crippen LogP contribution in [0, 0.1) is 11.3 Å². The first-order valence-electron chi connectivity index (χ1n) is 12.5. The Balaban J connectivity index is 1.46. The van der Waals surface area contributed by atoms with E-state index in [9.17, 15) is 9.59 Å². The van der Waals surface area contributed by atoms with Crippen molar-refractivity contribution in [3.05, 3.63) is 77.9 Å². The first kappa shape index (κ1) is 23.9. The Morgan fingerprint density at radius 1 is 1.00 bits per heavy atom. The van der Waals surface area contributed by atoms with Crippen molar-refractivity contribution in [2.24, 2.45) is 11.3 Å². The van der Waals surface area contributed by atoms with Crippen LogP contribution in [0.5, 0.6) is 17.2 Å². The highest BCUT2D eigenvalue weighted by Gasteiger charge is 2.38. The van der Waals surface area contributed by atoms with Gasteiger partial charge >= 0.3 is 0 Å². The van der Waals surface area contributed by atoms with Crippen LogP contribution in [0.15, 0.2) is 66.7 Å². The molecule has 2 amide bonds. The molecule has 6 heteroatoms. The number of hydrogen-bond donors (Lipinski definition) is 1. The fourth-order valence-electron chi connectivity index (χ4n) is 4.74. The van der Waals surface area contributed by atoms with E-state index >= 15 is 0 Å². The second-order valence-corrected chi connectivity index (χ2v) is 10.6. The van der Waals surface area contributed by atoms with Gasteiger partial charge in [-0.2, -0.15) is 0 Å². The van der Waals surface area contributed by atoms with E-state index in [1.165, 1.54) is 0 Å². The normalized spacial score (nSPS) is 16.2. The second-order valence-electron chi connectivity index (χ2n) is 10.6. The SMILES string of the molecule is CC(C)CCN1C(=O)C(C)(C)COc2cc(NC(=O)C3c4ccccc4Oc4ccccc43)ccc21. The quantitative estimate of drug-likeness (QED) is 0.458. The van der Waals surface area contributed by atoms with Crippen molar-refractivity contribution in [1.82, 2.24) is 0 Å². The second kappa shape index (κ2) is 9.34. The molecule has 0 unspecified atom stereocenters. The molecule has 3 aromatic carbocycles. The van der Waals surface area contributed by atoms with Crippen LogP contribution in [-0.2, 0) is 9.59 Å². The molecule has 0 atom stereocenters. The van der Waals surface area contributed by atoms with Gasteiger partial charge in [0.15, 0.2) is 0 Å². The summed E-state index contributed by atoms with van der Waals surface area (Å²) >= 11 is 0. The Hall–Kier alpha value is -3.80. The fraction of sp³-hybridized carbons (Fsp3) is 0.333. The van der Waals surface area contributed by atoms with Gasteiger partial charge in [0.25, 0.3) is 0 Å². The molecule has 0 bridgehead atoms. The van der Waals surface area contributed by atoms with E-state index in [-0.39, 0.29) is 18.4 Å². The summed E-state index contributed by atoms with van der Waals surface area (Å²) in [5, 5.41) is 3.08. The van der Waals surface area contributed by atoms with Crippen molar-refractivity contribution >= 4 is 23.2 Å². The molecular weight excluding hydrogens is 452 g/mol. The monoisotopic (exact) mass is 484 g/mol. The van der Waals surface area contributed by atoms with Crippen molar-refractivity contribution in [2.45, 2.75) is 40.0 Å². The number of para-hydroxylation sites is 2. The van der Waals surface area contributed by atoms with E-state index in [4.69, 9.17) is 9.47 Å². The van der Waals surface area contributed by atoms with Crippen LogP contribution in [0.2, 0.25) is 0 Å². The highest BCUT2D eigenvalue weighted by Crippen LogP contribution is 2.45. The maximum Gasteiger partial charge on any atom is 0.236 e. The van der Waals surface area contributed by atoms with Crippen LogP contribution in [0.25, 0.3) is 0 Å². The Kier molecular flexibility index (Phi) is 6.20. The molecule has 3 aromatic rings. The van der Waals surface area contributed by atoms with Crippen LogP contribution in [0.1, 0.15) is 51.2 Å². The molecule has 0 spiro atoms. The van der Waals surface area contributed by atoms with E-state index < -0.39 is 11.3 Å². The van der Waals surface area contributed by atoms with E-state index in [1.807, 2.05) is 85.5 Å². The zero-order chi connectivity index (χ0) is 25.4. The lowest BCUT2D eigenvalue weighted by molar-refractivity contribution is -0.127. The number of carbonyl (C=O) groups excluding carboxylic acids is 2. The third kappa shape index (κ3) is 4.43. The van der Waals surface area contributed by atoms with E-state index in [1.54, 1.807) is 0 Å². The molecule has 2 aliphatic rings. The van der Waals surface area contributed by atoms with Gasteiger partial charge in [0, 0.05) is 29.4 Å². The first-order valence-corrected chi connectivity index (χ1v) is 12.5. The fourth-order valence-corrected chi connectivity index (χ4v) is 4.74. The number of fused-ring (bicyclic) bond motifs is 3. The summed E-state index contributed by atoms with van der Waals surface area (Å²) in [6.45, 7) is 9.01. The molecule has 6 nitrogen and oxygen atoms in total. The Bertz CT molecular complexity index is 1270. The van der Waals surface area contributed by atoms with Gasteiger partial charge in [-0.3, -0.25) is 9.59 Å². The number of ether oxygens (including phenoxy) is 2. The summed E-state index contributed by atoms with van der Waals surface area (Å²) in [5.41, 5.74) is 2.37. The average Bonchev–Trinajstić information content (AvgIpc) is 2.95. The molecule has 0 saturated heterocycles. The average molecular weight is 485 g/mol. The Labute approximate surface area is 212 Å². The third-order valence-electron chi connectivity index (χ3n) is 6.80. The van der Waals surface area contributed by atoms with E-state index in [0.717, 1.165) is 23.2 Å². The molecular formula is C30H32N2O4. The van der Waals surface area contributed by atoms with Gasteiger partial charge in [0.05, 0.1) is 17.0 Å². The molecule has 0 aromatic heterocycles. The minimum absolute atomic E-state index is 0.0501. The summed E-state index contributed by atoms with van der Waals surface area (Å²) in [7, 11) is 0. The van der Waals surface area contributed by atoms with Gasteiger partial charge in [-0.25, -0.2) is 0 Å². The molecule has 186 valence electrons. The topological polar surface area (TPSA) is 67.9 Å². The predicted molar refractivity (Wildman–Crippen MR) is 141 cm³/mol. The van der Waals surface area contributed by atoms with Crippen LogP contribution in [0.3, 0.4) is 0 Å². The summed E-state index contributed by atoms with van der Waals surface area (Å²) in [4.78, 5) is 28.8. The van der Waals surface area contributed by atoms with Gasteiger partial charge in [0.1, 0.15) is 23.9 Å². The lowest BCUT2D eigenvalue weighted by Gasteiger charge is -2.29. The molecule has 0 fully saturated rings. The number of benzene rings is 3. The molecule has 1 N–H and O–H groups in total. The number of carbonyl (C=O) groups is 2. The Morgan fingerprint density at radius 2 is 1.64 bits per heavy atom. The van der Waals surface area contributed by atoms with Crippen molar-refractivity contribution in [3.8, 4) is 17.2 Å². The van der Waals surface area contributed by atoms with E-state index in [0.29, 0.717) is 35.4 Å². The van der Waals surface area contributed by atoms with Crippen molar-refractivity contribution < 1.29 is 19.1 Å². The van der Waals surface area contributed by atoms with Gasteiger partial charge in [-0.1, -0.05) is 50.2 Å². The molecule has 0 aliphatic carbocycles. The highest BCUT2D eigenvalue weighted by atomic mass is 16.5. The van der Waals surface area contributed by atoms with Crippen molar-refractivity contribution in [2.75, 3.05) is 23.4 Å².